The Morgan fingerprint density at radius 3 is 2.71 bits per heavy atom. The van der Waals surface area contributed by atoms with Crippen molar-refractivity contribution in [3.05, 3.63) is 57.9 Å². The number of nitro groups is 1. The van der Waals surface area contributed by atoms with Crippen LogP contribution in [0.4, 0.5) is 17.1 Å². The van der Waals surface area contributed by atoms with E-state index in [0.717, 1.165) is 11.6 Å². The summed E-state index contributed by atoms with van der Waals surface area (Å²) in [6.45, 7) is 1.84. The van der Waals surface area contributed by atoms with E-state index >= 15 is 0 Å². The van der Waals surface area contributed by atoms with Gasteiger partial charge in [-0.15, -0.1) is 0 Å². The number of nitro benzene ring substituents is 1. The molecule has 2 aromatic rings. The molecule has 0 saturated carbocycles. The van der Waals surface area contributed by atoms with Crippen molar-refractivity contribution in [1.82, 2.24) is 4.98 Å². The molecule has 8 heteroatoms. The summed E-state index contributed by atoms with van der Waals surface area (Å²) in [5, 5.41) is 13.6. The highest BCUT2D eigenvalue weighted by Crippen LogP contribution is 2.25. The Kier molecular flexibility index (Phi) is 4.10. The summed E-state index contributed by atoms with van der Waals surface area (Å²) < 4.78 is 0. The van der Waals surface area contributed by atoms with Crippen LogP contribution in [0, 0.1) is 17.0 Å². The molecule has 1 amide bonds. The summed E-state index contributed by atoms with van der Waals surface area (Å²) in [4.78, 5) is 26.4. The van der Waals surface area contributed by atoms with Crippen molar-refractivity contribution in [3.8, 4) is 0 Å². The highest BCUT2D eigenvalue weighted by atomic mass is 16.6. The normalized spacial score (nSPS) is 10.0. The molecule has 0 aliphatic heterocycles. The van der Waals surface area contributed by atoms with Gasteiger partial charge in [-0.2, -0.15) is 0 Å². The number of rotatable bonds is 4. The second-order valence-electron chi connectivity index (χ2n) is 4.34. The van der Waals surface area contributed by atoms with Gasteiger partial charge in [-0.3, -0.25) is 25.7 Å². The van der Waals surface area contributed by atoms with Crippen molar-refractivity contribution in [2.24, 2.45) is 5.84 Å². The maximum absolute atomic E-state index is 12.1. The standard InChI is InChI=1S/C13H13N5O3/c1-8-4-10(7-15-6-8)16-13(19)9-2-3-11(17-14)12(5-9)18(20)21/h2-7,17H,14H2,1H3,(H,16,19). The summed E-state index contributed by atoms with van der Waals surface area (Å²) in [6.07, 6.45) is 3.15. The van der Waals surface area contributed by atoms with E-state index in [1.54, 1.807) is 12.3 Å². The summed E-state index contributed by atoms with van der Waals surface area (Å²) in [6, 6.07) is 5.73. The Labute approximate surface area is 120 Å². The third-order valence-corrected chi connectivity index (χ3v) is 2.74. The van der Waals surface area contributed by atoms with E-state index < -0.39 is 10.8 Å². The van der Waals surface area contributed by atoms with Crippen molar-refractivity contribution in [2.75, 3.05) is 10.7 Å². The molecule has 4 N–H and O–H groups in total. The van der Waals surface area contributed by atoms with Gasteiger partial charge in [-0.05, 0) is 30.7 Å². The molecule has 0 radical (unpaired) electrons. The monoisotopic (exact) mass is 287 g/mol. The van der Waals surface area contributed by atoms with Crippen LogP contribution in [0.5, 0.6) is 0 Å². The first-order chi connectivity index (χ1) is 10.0. The first-order valence-electron chi connectivity index (χ1n) is 5.99. The number of benzene rings is 1. The number of hydrazine groups is 1. The summed E-state index contributed by atoms with van der Waals surface area (Å²) >= 11 is 0. The van der Waals surface area contributed by atoms with Crippen LogP contribution in [-0.2, 0) is 0 Å². The molecule has 0 unspecified atom stereocenters. The highest BCUT2D eigenvalue weighted by molar-refractivity contribution is 6.05. The fourth-order valence-corrected chi connectivity index (χ4v) is 1.77. The lowest BCUT2D eigenvalue weighted by Crippen LogP contribution is -2.14. The van der Waals surface area contributed by atoms with Crippen LogP contribution in [0.15, 0.2) is 36.7 Å². The SMILES string of the molecule is Cc1cncc(NC(=O)c2ccc(NN)c([N+](=O)[O-])c2)c1. The first kappa shape index (κ1) is 14.4. The highest BCUT2D eigenvalue weighted by Gasteiger charge is 2.17. The lowest BCUT2D eigenvalue weighted by molar-refractivity contribution is -0.384. The van der Waals surface area contributed by atoms with E-state index in [2.05, 4.69) is 15.7 Å². The molecule has 0 atom stereocenters. The van der Waals surface area contributed by atoms with Gasteiger partial charge in [0.2, 0.25) is 0 Å². The van der Waals surface area contributed by atoms with Crippen LogP contribution in [0.3, 0.4) is 0 Å². The van der Waals surface area contributed by atoms with Crippen molar-refractivity contribution in [2.45, 2.75) is 6.92 Å². The van der Waals surface area contributed by atoms with Gasteiger partial charge in [0, 0.05) is 17.8 Å². The fourth-order valence-electron chi connectivity index (χ4n) is 1.77. The Morgan fingerprint density at radius 1 is 1.33 bits per heavy atom. The minimum atomic E-state index is -0.611. The summed E-state index contributed by atoms with van der Waals surface area (Å²) in [7, 11) is 0. The lowest BCUT2D eigenvalue weighted by atomic mass is 10.1. The average molecular weight is 287 g/mol. The zero-order valence-corrected chi connectivity index (χ0v) is 11.2. The maximum atomic E-state index is 12.1. The molecule has 0 aliphatic carbocycles. The minimum Gasteiger partial charge on any atom is -0.321 e. The molecular formula is C13H13N5O3. The van der Waals surface area contributed by atoms with E-state index in [-0.39, 0.29) is 16.9 Å². The average Bonchev–Trinajstić information content (AvgIpc) is 2.46. The number of hydrogen-bond acceptors (Lipinski definition) is 6. The molecule has 108 valence electrons. The molecular weight excluding hydrogens is 274 g/mol. The molecule has 1 aromatic heterocycles. The van der Waals surface area contributed by atoms with E-state index in [1.807, 2.05) is 6.92 Å². The largest absolute Gasteiger partial charge is 0.321 e. The van der Waals surface area contributed by atoms with Crippen LogP contribution in [0.1, 0.15) is 15.9 Å². The Balaban J connectivity index is 2.27. The Hall–Kier alpha value is -3.00. The Bertz CT molecular complexity index is 702. The van der Waals surface area contributed by atoms with Gasteiger partial charge in [0.1, 0.15) is 5.69 Å². The zero-order chi connectivity index (χ0) is 15.4. The minimum absolute atomic E-state index is 0.133. The van der Waals surface area contributed by atoms with Gasteiger partial charge < -0.3 is 10.7 Å². The van der Waals surface area contributed by atoms with Gasteiger partial charge in [0.25, 0.3) is 11.6 Å². The topological polar surface area (TPSA) is 123 Å². The smallest absolute Gasteiger partial charge is 0.294 e. The van der Waals surface area contributed by atoms with Crippen LogP contribution >= 0.6 is 0 Å². The van der Waals surface area contributed by atoms with Gasteiger partial charge in [-0.25, -0.2) is 0 Å². The number of nitrogens with two attached hydrogens (primary N) is 1. The quantitative estimate of drug-likeness (QED) is 0.448. The number of nitrogens with zero attached hydrogens (tertiary/aromatic N) is 2. The number of carbonyl (C=O) groups is 1. The molecule has 2 rings (SSSR count). The van der Waals surface area contributed by atoms with Crippen molar-refractivity contribution < 1.29 is 9.72 Å². The molecule has 0 aliphatic rings. The molecule has 0 bridgehead atoms. The van der Waals surface area contributed by atoms with E-state index in [9.17, 15) is 14.9 Å². The molecule has 21 heavy (non-hydrogen) atoms. The van der Waals surface area contributed by atoms with Gasteiger partial charge in [0.05, 0.1) is 16.8 Å². The number of carbonyl (C=O) groups excluding carboxylic acids is 1. The number of aryl methyl sites for hydroxylation is 1. The molecule has 1 aromatic carbocycles. The predicted molar refractivity (Wildman–Crippen MR) is 77.8 cm³/mol. The third-order valence-electron chi connectivity index (χ3n) is 2.74. The molecule has 0 saturated heterocycles. The van der Waals surface area contributed by atoms with Crippen molar-refractivity contribution in [3.63, 3.8) is 0 Å². The van der Waals surface area contributed by atoms with E-state index in [0.29, 0.717) is 5.69 Å². The first-order valence-corrected chi connectivity index (χ1v) is 5.99. The van der Waals surface area contributed by atoms with E-state index in [4.69, 9.17) is 5.84 Å². The number of pyridine rings is 1. The Morgan fingerprint density at radius 2 is 2.10 bits per heavy atom. The van der Waals surface area contributed by atoms with Crippen LogP contribution in [0.2, 0.25) is 0 Å². The van der Waals surface area contributed by atoms with Gasteiger partial charge >= 0.3 is 0 Å². The molecule has 8 nitrogen and oxygen atoms in total. The second kappa shape index (κ2) is 5.97. The summed E-state index contributed by atoms with van der Waals surface area (Å²) in [5.41, 5.74) is 3.64. The zero-order valence-electron chi connectivity index (χ0n) is 11.2. The van der Waals surface area contributed by atoms with Crippen molar-refractivity contribution in [1.29, 1.82) is 0 Å². The van der Waals surface area contributed by atoms with Gasteiger partial charge in [-0.1, -0.05) is 0 Å². The number of nitrogen functional groups attached to an aromatic ring is 1. The number of anilines is 2. The predicted octanol–water partition coefficient (Wildman–Crippen LogP) is 1.84. The number of amides is 1. The second-order valence-corrected chi connectivity index (χ2v) is 4.34. The number of nitrogens with one attached hydrogen (secondary N) is 2. The van der Waals surface area contributed by atoms with Crippen LogP contribution in [-0.4, -0.2) is 15.8 Å². The number of hydrogen-bond donors (Lipinski definition) is 3. The number of aromatic nitrogens is 1. The molecule has 0 spiro atoms. The fraction of sp³-hybridized carbons (Fsp3) is 0.0769. The lowest BCUT2D eigenvalue weighted by Gasteiger charge is -2.07. The maximum Gasteiger partial charge on any atom is 0.294 e. The van der Waals surface area contributed by atoms with Gasteiger partial charge in [0.15, 0.2) is 0 Å². The van der Waals surface area contributed by atoms with Crippen molar-refractivity contribution >= 4 is 23.0 Å². The molecule has 1 heterocycles. The third kappa shape index (κ3) is 3.31. The summed E-state index contributed by atoms with van der Waals surface area (Å²) in [5.74, 6) is 4.73. The van der Waals surface area contributed by atoms with Crippen LogP contribution in [0.25, 0.3) is 0 Å². The van der Waals surface area contributed by atoms with Crippen LogP contribution < -0.4 is 16.6 Å². The van der Waals surface area contributed by atoms with E-state index in [1.165, 1.54) is 18.3 Å². The molecule has 0 fully saturated rings.